The molecular formula is C21H34N6O4. The second-order valence-electron chi connectivity index (χ2n) is 8.92. The van der Waals surface area contributed by atoms with E-state index in [-0.39, 0.29) is 12.5 Å². The molecule has 2 heterocycles. The molecule has 2 aromatic heterocycles. The standard InChI is InChI=1S/C21H34N6O4/c1-7-8-9-10-27(20(30)31-21(4,5)6)19-24-17(22-11-14(2)3)16-18(25-19)26(13-23-16)12-15(28)29/h13-14H,7-12H2,1-6H3,(H,28,29)(H,22,24,25). The highest BCUT2D eigenvalue weighted by atomic mass is 16.6. The Kier molecular flexibility index (Phi) is 8.18. The molecule has 10 nitrogen and oxygen atoms in total. The first kappa shape index (κ1) is 24.4. The van der Waals surface area contributed by atoms with E-state index in [2.05, 4.69) is 41.0 Å². The van der Waals surface area contributed by atoms with Crippen LogP contribution in [0.3, 0.4) is 0 Å². The van der Waals surface area contributed by atoms with Crippen molar-refractivity contribution in [2.45, 2.75) is 73.0 Å². The molecule has 0 atom stereocenters. The van der Waals surface area contributed by atoms with Crippen molar-refractivity contribution >= 4 is 35.0 Å². The number of unbranched alkanes of at least 4 members (excludes halogenated alkanes) is 2. The van der Waals surface area contributed by atoms with Gasteiger partial charge in [0, 0.05) is 13.1 Å². The number of anilines is 2. The maximum absolute atomic E-state index is 13.0. The number of fused-ring (bicyclic) bond motifs is 1. The van der Waals surface area contributed by atoms with Crippen molar-refractivity contribution in [1.82, 2.24) is 19.5 Å². The van der Waals surface area contributed by atoms with Crippen LogP contribution in [0.25, 0.3) is 11.2 Å². The summed E-state index contributed by atoms with van der Waals surface area (Å²) < 4.78 is 7.01. The van der Waals surface area contributed by atoms with Gasteiger partial charge in [0.1, 0.15) is 12.1 Å². The van der Waals surface area contributed by atoms with E-state index >= 15 is 0 Å². The van der Waals surface area contributed by atoms with E-state index in [0.717, 1.165) is 19.3 Å². The molecular weight excluding hydrogens is 400 g/mol. The number of carboxylic acids is 1. The second kappa shape index (κ2) is 10.4. The highest BCUT2D eigenvalue weighted by Crippen LogP contribution is 2.24. The van der Waals surface area contributed by atoms with Gasteiger partial charge >= 0.3 is 12.1 Å². The van der Waals surface area contributed by atoms with Crippen LogP contribution in [-0.2, 0) is 16.1 Å². The zero-order valence-corrected chi connectivity index (χ0v) is 19.3. The van der Waals surface area contributed by atoms with Crippen molar-refractivity contribution in [2.24, 2.45) is 5.92 Å². The fraction of sp³-hybridized carbons (Fsp3) is 0.667. The fourth-order valence-electron chi connectivity index (χ4n) is 2.85. The van der Waals surface area contributed by atoms with Crippen LogP contribution in [0.15, 0.2) is 6.33 Å². The van der Waals surface area contributed by atoms with E-state index in [1.807, 2.05) is 0 Å². The number of aromatic nitrogens is 4. The molecule has 0 aromatic carbocycles. The van der Waals surface area contributed by atoms with Crippen LogP contribution in [0.1, 0.15) is 60.8 Å². The minimum absolute atomic E-state index is 0.163. The summed E-state index contributed by atoms with van der Waals surface area (Å²) in [4.78, 5) is 39.0. The molecule has 0 saturated heterocycles. The number of carbonyl (C=O) groups is 2. The second-order valence-corrected chi connectivity index (χ2v) is 8.92. The van der Waals surface area contributed by atoms with Gasteiger partial charge in [0.25, 0.3) is 0 Å². The first-order valence-corrected chi connectivity index (χ1v) is 10.7. The van der Waals surface area contributed by atoms with Crippen molar-refractivity contribution in [3.05, 3.63) is 6.33 Å². The zero-order chi connectivity index (χ0) is 23.2. The number of rotatable bonds is 10. The Morgan fingerprint density at radius 3 is 2.55 bits per heavy atom. The Morgan fingerprint density at radius 2 is 1.97 bits per heavy atom. The van der Waals surface area contributed by atoms with E-state index in [1.165, 1.54) is 15.8 Å². The van der Waals surface area contributed by atoms with Gasteiger partial charge in [0.2, 0.25) is 5.95 Å². The fourth-order valence-corrected chi connectivity index (χ4v) is 2.85. The van der Waals surface area contributed by atoms with Crippen molar-refractivity contribution in [2.75, 3.05) is 23.3 Å². The van der Waals surface area contributed by atoms with Crippen molar-refractivity contribution in [3.63, 3.8) is 0 Å². The molecule has 31 heavy (non-hydrogen) atoms. The van der Waals surface area contributed by atoms with E-state index < -0.39 is 17.7 Å². The Hall–Kier alpha value is -2.91. The van der Waals surface area contributed by atoms with Crippen molar-refractivity contribution in [1.29, 1.82) is 0 Å². The molecule has 1 amide bonds. The average Bonchev–Trinajstić information content (AvgIpc) is 3.04. The highest BCUT2D eigenvalue weighted by molar-refractivity contribution is 5.90. The molecule has 0 aliphatic carbocycles. The molecule has 0 radical (unpaired) electrons. The van der Waals surface area contributed by atoms with E-state index in [0.29, 0.717) is 36.0 Å². The summed E-state index contributed by atoms with van der Waals surface area (Å²) in [7, 11) is 0. The molecule has 0 saturated carbocycles. The number of nitrogens with one attached hydrogen (secondary N) is 1. The van der Waals surface area contributed by atoms with E-state index in [1.54, 1.807) is 20.8 Å². The molecule has 2 aromatic rings. The van der Waals surface area contributed by atoms with Gasteiger partial charge in [-0.15, -0.1) is 0 Å². The number of hydrogen-bond donors (Lipinski definition) is 2. The third-order valence-electron chi connectivity index (χ3n) is 4.28. The third-order valence-corrected chi connectivity index (χ3v) is 4.28. The Bertz CT molecular complexity index is 903. The van der Waals surface area contributed by atoms with Gasteiger partial charge in [-0.1, -0.05) is 33.6 Å². The van der Waals surface area contributed by atoms with Crippen LogP contribution < -0.4 is 10.2 Å². The number of amides is 1. The number of nitrogens with zero attached hydrogens (tertiary/aromatic N) is 5. The SMILES string of the molecule is CCCCCN(C(=O)OC(C)(C)C)c1nc(NCC(C)C)c2ncn(CC(=O)O)c2n1. The molecule has 0 spiro atoms. The number of imidazole rings is 1. The van der Waals surface area contributed by atoms with Crippen LogP contribution in [-0.4, -0.2) is 55.4 Å². The number of carboxylic acid groups (broad SMARTS) is 1. The van der Waals surface area contributed by atoms with Crippen LogP contribution in [0, 0.1) is 5.92 Å². The Balaban J connectivity index is 2.54. The maximum atomic E-state index is 13.0. The molecule has 0 aliphatic rings. The van der Waals surface area contributed by atoms with Gasteiger partial charge in [-0.05, 0) is 33.1 Å². The predicted octanol–water partition coefficient (Wildman–Crippen LogP) is 3.91. The van der Waals surface area contributed by atoms with E-state index in [4.69, 9.17) is 4.74 Å². The van der Waals surface area contributed by atoms with Crippen LogP contribution >= 0.6 is 0 Å². The molecule has 2 rings (SSSR count). The number of carbonyl (C=O) groups excluding carboxylic acids is 1. The molecule has 0 bridgehead atoms. The monoisotopic (exact) mass is 434 g/mol. The summed E-state index contributed by atoms with van der Waals surface area (Å²) in [6.07, 6.45) is 3.58. The minimum Gasteiger partial charge on any atom is -0.480 e. The van der Waals surface area contributed by atoms with Gasteiger partial charge in [-0.3, -0.25) is 4.79 Å². The van der Waals surface area contributed by atoms with Crippen molar-refractivity contribution < 1.29 is 19.4 Å². The first-order valence-electron chi connectivity index (χ1n) is 10.7. The summed E-state index contributed by atoms with van der Waals surface area (Å²) in [6, 6.07) is 0. The van der Waals surface area contributed by atoms with Crippen LogP contribution in [0.4, 0.5) is 16.6 Å². The summed E-state index contributed by atoms with van der Waals surface area (Å²) in [5.41, 5.74) is 0.139. The van der Waals surface area contributed by atoms with Gasteiger partial charge in [0.05, 0.1) is 6.33 Å². The summed E-state index contributed by atoms with van der Waals surface area (Å²) in [5, 5.41) is 12.5. The summed E-state index contributed by atoms with van der Waals surface area (Å²) in [6.45, 7) is 12.4. The molecule has 10 heteroatoms. The smallest absolute Gasteiger partial charge is 0.417 e. The Labute approximate surface area is 183 Å². The van der Waals surface area contributed by atoms with E-state index in [9.17, 15) is 14.7 Å². The van der Waals surface area contributed by atoms with Crippen LogP contribution in [0.2, 0.25) is 0 Å². The molecule has 0 fully saturated rings. The highest BCUT2D eigenvalue weighted by Gasteiger charge is 2.27. The summed E-state index contributed by atoms with van der Waals surface area (Å²) in [5.74, 6) is -0.0395. The van der Waals surface area contributed by atoms with Crippen LogP contribution in [0.5, 0.6) is 0 Å². The molecule has 172 valence electrons. The molecule has 0 aliphatic heterocycles. The van der Waals surface area contributed by atoms with Gasteiger partial charge < -0.3 is 19.7 Å². The minimum atomic E-state index is -1.01. The number of aliphatic carboxylic acids is 1. The van der Waals surface area contributed by atoms with Gasteiger partial charge in [-0.2, -0.15) is 9.97 Å². The number of hydrogen-bond acceptors (Lipinski definition) is 7. The van der Waals surface area contributed by atoms with Gasteiger partial charge in [-0.25, -0.2) is 14.7 Å². The first-order chi connectivity index (χ1) is 14.5. The third kappa shape index (κ3) is 7.08. The predicted molar refractivity (Wildman–Crippen MR) is 119 cm³/mol. The maximum Gasteiger partial charge on any atom is 0.417 e. The Morgan fingerprint density at radius 1 is 1.26 bits per heavy atom. The van der Waals surface area contributed by atoms with Crippen molar-refractivity contribution in [3.8, 4) is 0 Å². The zero-order valence-electron chi connectivity index (χ0n) is 19.3. The molecule has 2 N–H and O–H groups in total. The average molecular weight is 435 g/mol. The number of ether oxygens (including phenoxy) is 1. The largest absolute Gasteiger partial charge is 0.480 e. The lowest BCUT2D eigenvalue weighted by atomic mass is 10.2. The lowest BCUT2D eigenvalue weighted by Crippen LogP contribution is -2.38. The van der Waals surface area contributed by atoms with Gasteiger partial charge in [0.15, 0.2) is 17.0 Å². The topological polar surface area (TPSA) is 122 Å². The molecule has 0 unspecified atom stereocenters. The lowest BCUT2D eigenvalue weighted by Gasteiger charge is -2.26. The normalized spacial score (nSPS) is 11.7. The lowest BCUT2D eigenvalue weighted by molar-refractivity contribution is -0.137. The summed E-state index contributed by atoms with van der Waals surface area (Å²) >= 11 is 0. The quantitative estimate of drug-likeness (QED) is 0.540.